The minimum atomic E-state index is -0.264. The molecule has 0 radical (unpaired) electrons. The number of rotatable bonds is 6. The molecule has 0 aliphatic carbocycles. The zero-order valence-corrected chi connectivity index (χ0v) is 15.0. The second-order valence-electron chi connectivity index (χ2n) is 4.74. The van der Waals surface area contributed by atoms with Gasteiger partial charge in [0, 0.05) is 33.2 Å². The summed E-state index contributed by atoms with van der Waals surface area (Å²) in [6.07, 6.45) is 3.49. The van der Waals surface area contributed by atoms with E-state index in [2.05, 4.69) is 11.4 Å². The number of hydrogen-bond acceptors (Lipinski definition) is 3. The van der Waals surface area contributed by atoms with Gasteiger partial charge in [0.25, 0.3) is 0 Å². The molecule has 0 aliphatic rings. The van der Waals surface area contributed by atoms with E-state index in [0.29, 0.717) is 33.5 Å². The molecule has 0 unspecified atom stereocenters. The minimum Gasteiger partial charge on any atom is -0.321 e. The van der Waals surface area contributed by atoms with Crippen molar-refractivity contribution in [2.45, 2.75) is 11.3 Å². The predicted octanol–water partition coefficient (Wildman–Crippen LogP) is 5.65. The average molecular weight is 377 g/mol. The summed E-state index contributed by atoms with van der Waals surface area (Å²) in [6, 6.07) is 14.7. The monoisotopic (exact) mass is 376 g/mol. The summed E-state index contributed by atoms with van der Waals surface area (Å²) in [5.41, 5.74) is 1.39. The van der Waals surface area contributed by atoms with Crippen molar-refractivity contribution < 1.29 is 4.79 Å². The van der Waals surface area contributed by atoms with Crippen molar-refractivity contribution in [1.82, 2.24) is 0 Å². The van der Waals surface area contributed by atoms with Crippen LogP contribution in [0.25, 0.3) is 6.08 Å². The maximum absolute atomic E-state index is 12.1. The molecule has 3 nitrogen and oxygen atoms in total. The molecule has 0 saturated heterocycles. The maximum atomic E-state index is 12.1. The van der Waals surface area contributed by atoms with Crippen molar-refractivity contribution in [2.24, 2.45) is 0 Å². The number of anilines is 1. The largest absolute Gasteiger partial charge is 0.321 e. The van der Waals surface area contributed by atoms with Crippen LogP contribution >= 0.6 is 35.0 Å². The molecule has 0 fully saturated rings. The van der Waals surface area contributed by atoms with E-state index in [0.717, 1.165) is 4.90 Å². The zero-order chi connectivity index (χ0) is 17.4. The quantitative estimate of drug-likeness (QED) is 0.402. The molecule has 0 bridgehead atoms. The summed E-state index contributed by atoms with van der Waals surface area (Å²) >= 11 is 13.5. The first-order valence-electron chi connectivity index (χ1n) is 7.13. The van der Waals surface area contributed by atoms with Crippen molar-refractivity contribution in [3.8, 4) is 6.07 Å². The van der Waals surface area contributed by atoms with Gasteiger partial charge in [0.2, 0.25) is 5.91 Å². The molecule has 0 heterocycles. The smallest absolute Gasteiger partial charge is 0.248 e. The van der Waals surface area contributed by atoms with Crippen molar-refractivity contribution in [3.05, 3.63) is 64.1 Å². The first-order chi connectivity index (χ1) is 11.6. The highest BCUT2D eigenvalue weighted by atomic mass is 35.5. The summed E-state index contributed by atoms with van der Waals surface area (Å²) in [4.78, 5) is 13.1. The lowest BCUT2D eigenvalue weighted by Gasteiger charge is -2.08. The summed E-state index contributed by atoms with van der Waals surface area (Å²) in [7, 11) is 0. The van der Waals surface area contributed by atoms with Gasteiger partial charge in [-0.25, -0.2) is 0 Å². The number of nitrogens with zero attached hydrogens (tertiary/aromatic N) is 1. The number of hydrogen-bond donors (Lipinski definition) is 1. The van der Waals surface area contributed by atoms with E-state index in [1.54, 1.807) is 24.3 Å². The molecule has 6 heteroatoms. The predicted molar refractivity (Wildman–Crippen MR) is 102 cm³/mol. The molecule has 2 aromatic carbocycles. The Morgan fingerprint density at radius 2 is 2.04 bits per heavy atom. The van der Waals surface area contributed by atoms with E-state index in [1.807, 2.05) is 24.3 Å². The van der Waals surface area contributed by atoms with Gasteiger partial charge in [0.15, 0.2) is 0 Å². The average Bonchev–Trinajstić information content (AvgIpc) is 2.57. The summed E-state index contributed by atoms with van der Waals surface area (Å²) in [6.45, 7) is 0. The van der Waals surface area contributed by atoms with Crippen LogP contribution in [0.2, 0.25) is 10.0 Å². The maximum Gasteiger partial charge on any atom is 0.248 e. The highest BCUT2D eigenvalue weighted by Gasteiger charge is 2.05. The van der Waals surface area contributed by atoms with Crippen molar-refractivity contribution in [2.75, 3.05) is 11.1 Å². The van der Waals surface area contributed by atoms with E-state index >= 15 is 0 Å². The normalized spacial score (nSPS) is 10.5. The number of para-hydroxylation sites is 1. The molecule has 0 aromatic heterocycles. The van der Waals surface area contributed by atoms with Gasteiger partial charge in [0.05, 0.1) is 11.8 Å². The fourth-order valence-corrected chi connectivity index (χ4v) is 3.11. The van der Waals surface area contributed by atoms with Gasteiger partial charge < -0.3 is 5.32 Å². The Balaban J connectivity index is 2.06. The molecule has 0 atom stereocenters. The fourth-order valence-electron chi connectivity index (χ4n) is 1.88. The Kier molecular flexibility index (Phi) is 7.20. The third kappa shape index (κ3) is 5.61. The molecular weight excluding hydrogens is 363 g/mol. The molecule has 1 amide bonds. The van der Waals surface area contributed by atoms with Gasteiger partial charge in [-0.2, -0.15) is 5.26 Å². The number of carbonyl (C=O) groups is 1. The summed E-state index contributed by atoms with van der Waals surface area (Å²) in [5, 5.41) is 12.5. The number of nitrogens with one attached hydrogen (secondary N) is 1. The number of thioether (sulfide) groups is 1. The van der Waals surface area contributed by atoms with E-state index in [4.69, 9.17) is 28.5 Å². The van der Waals surface area contributed by atoms with Crippen molar-refractivity contribution >= 4 is 52.6 Å². The molecule has 24 heavy (non-hydrogen) atoms. The molecule has 2 aromatic rings. The SMILES string of the molecule is N#CCCSc1ccccc1NC(=O)C=Cc1cc(Cl)ccc1Cl. The number of benzene rings is 2. The fraction of sp³-hybridized carbons (Fsp3) is 0.111. The van der Waals surface area contributed by atoms with Gasteiger partial charge in [-0.1, -0.05) is 35.3 Å². The Bertz CT molecular complexity index is 800. The van der Waals surface area contributed by atoms with Crippen LogP contribution in [0.15, 0.2) is 53.4 Å². The molecule has 2 rings (SSSR count). The zero-order valence-electron chi connectivity index (χ0n) is 12.6. The van der Waals surface area contributed by atoms with Gasteiger partial charge >= 0.3 is 0 Å². The number of carbonyl (C=O) groups excluding carboxylic acids is 1. The van der Waals surface area contributed by atoms with Gasteiger partial charge in [0.1, 0.15) is 0 Å². The standard InChI is InChI=1S/C18H14Cl2N2OS/c19-14-7-8-15(20)13(12-14)6-9-18(23)22-16-4-1-2-5-17(16)24-11-3-10-21/h1-2,4-9,12H,3,11H2,(H,22,23). The highest BCUT2D eigenvalue weighted by molar-refractivity contribution is 7.99. The first-order valence-corrected chi connectivity index (χ1v) is 8.87. The van der Waals surface area contributed by atoms with E-state index < -0.39 is 0 Å². The van der Waals surface area contributed by atoms with Gasteiger partial charge in [-0.3, -0.25) is 4.79 Å². The first kappa shape index (κ1) is 18.4. The Morgan fingerprint density at radius 3 is 2.83 bits per heavy atom. The third-order valence-electron chi connectivity index (χ3n) is 2.99. The van der Waals surface area contributed by atoms with Gasteiger partial charge in [-0.15, -0.1) is 11.8 Å². The van der Waals surface area contributed by atoms with E-state index in [-0.39, 0.29) is 5.91 Å². The third-order valence-corrected chi connectivity index (χ3v) is 4.64. The molecule has 122 valence electrons. The van der Waals surface area contributed by atoms with E-state index in [1.165, 1.54) is 17.8 Å². The Morgan fingerprint density at radius 1 is 1.25 bits per heavy atom. The second-order valence-corrected chi connectivity index (χ2v) is 6.72. The number of nitriles is 1. The molecule has 0 aliphatic heterocycles. The van der Waals surface area contributed by atoms with Crippen LogP contribution < -0.4 is 5.32 Å². The molecule has 1 N–H and O–H groups in total. The van der Waals surface area contributed by atoms with Crippen LogP contribution in [0.3, 0.4) is 0 Å². The van der Waals surface area contributed by atoms with Crippen LogP contribution in [-0.2, 0) is 4.79 Å². The Labute approximate surface area is 155 Å². The van der Waals surface area contributed by atoms with Crippen LogP contribution in [0.1, 0.15) is 12.0 Å². The Hall–Kier alpha value is -1.93. The number of amides is 1. The van der Waals surface area contributed by atoms with Crippen LogP contribution in [0.4, 0.5) is 5.69 Å². The number of halogens is 2. The molecule has 0 saturated carbocycles. The van der Waals surface area contributed by atoms with Crippen molar-refractivity contribution in [1.29, 1.82) is 5.26 Å². The van der Waals surface area contributed by atoms with Crippen LogP contribution in [-0.4, -0.2) is 11.7 Å². The van der Waals surface area contributed by atoms with Crippen LogP contribution in [0, 0.1) is 11.3 Å². The minimum absolute atomic E-state index is 0.264. The van der Waals surface area contributed by atoms with Crippen molar-refractivity contribution in [3.63, 3.8) is 0 Å². The molecular formula is C18H14Cl2N2OS. The summed E-state index contributed by atoms with van der Waals surface area (Å²) in [5.74, 6) is 0.413. The van der Waals surface area contributed by atoms with Crippen LogP contribution in [0.5, 0.6) is 0 Å². The molecule has 0 spiro atoms. The van der Waals surface area contributed by atoms with E-state index in [9.17, 15) is 4.79 Å². The highest BCUT2D eigenvalue weighted by Crippen LogP contribution is 2.27. The second kappa shape index (κ2) is 9.39. The topological polar surface area (TPSA) is 52.9 Å². The summed E-state index contributed by atoms with van der Waals surface area (Å²) < 4.78 is 0. The lowest BCUT2D eigenvalue weighted by atomic mass is 10.2. The lowest BCUT2D eigenvalue weighted by Crippen LogP contribution is -2.08. The van der Waals surface area contributed by atoms with Gasteiger partial charge in [-0.05, 0) is 42.0 Å². The lowest BCUT2D eigenvalue weighted by molar-refractivity contribution is -0.111.